The molecule has 1 atom stereocenters. The molecule has 0 bridgehead atoms. The number of likely N-dealkylation sites (tertiary alicyclic amines) is 1. The van der Waals surface area contributed by atoms with E-state index in [2.05, 4.69) is 39.2 Å². The van der Waals surface area contributed by atoms with Gasteiger partial charge in [0.05, 0.1) is 6.20 Å². The van der Waals surface area contributed by atoms with Gasteiger partial charge in [0.1, 0.15) is 11.9 Å². The van der Waals surface area contributed by atoms with Gasteiger partial charge in [-0.2, -0.15) is 26.3 Å². The fourth-order valence-electron chi connectivity index (χ4n) is 3.21. The molecule has 0 aliphatic carbocycles. The van der Waals surface area contributed by atoms with Crippen LogP contribution in [0.25, 0.3) is 0 Å². The molecule has 0 aromatic carbocycles. The number of carboxylic acids is 2. The number of hydrogen-bond donors (Lipinski definition) is 2. The van der Waals surface area contributed by atoms with Crippen LogP contribution in [0.4, 0.5) is 26.3 Å². The molecule has 2 fully saturated rings. The zero-order chi connectivity index (χ0) is 26.3. The standard InChI is InChI=1S/C16H18N2OS2.2C2HF3O2/c1-3-13(8-17-5-1)19-14-7-16(21-10-14)11-18(12-16)9-15-4-2-6-20-15;2*3-2(4,5)1(6)7/h1-6,8,14H,7,9-12H2;2*(H,6,7). The molecule has 4 heterocycles. The van der Waals surface area contributed by atoms with Crippen molar-refractivity contribution < 1.29 is 50.9 Å². The highest BCUT2D eigenvalue weighted by Gasteiger charge is 2.49. The Balaban J connectivity index is 0.000000257. The van der Waals surface area contributed by atoms with Crippen molar-refractivity contribution in [2.24, 2.45) is 0 Å². The van der Waals surface area contributed by atoms with E-state index in [1.54, 1.807) is 12.4 Å². The first-order chi connectivity index (χ1) is 16.2. The number of carboxylic acid groups (broad SMARTS) is 2. The Hall–Kier alpha value is -2.52. The highest BCUT2D eigenvalue weighted by molar-refractivity contribution is 8.01. The van der Waals surface area contributed by atoms with Crippen LogP contribution in [0.2, 0.25) is 0 Å². The number of hydrogen-bond acceptors (Lipinski definition) is 7. The highest BCUT2D eigenvalue weighted by atomic mass is 32.2. The minimum Gasteiger partial charge on any atom is -0.488 e. The van der Waals surface area contributed by atoms with Crippen LogP contribution in [0.3, 0.4) is 0 Å². The third-order valence-corrected chi connectivity index (χ3v) is 7.02. The monoisotopic (exact) mass is 546 g/mol. The van der Waals surface area contributed by atoms with E-state index in [1.807, 2.05) is 23.5 Å². The van der Waals surface area contributed by atoms with Gasteiger partial charge in [-0.15, -0.1) is 23.1 Å². The molecular weight excluding hydrogens is 526 g/mol. The summed E-state index contributed by atoms with van der Waals surface area (Å²) in [4.78, 5) is 25.9. The number of halogens is 6. The summed E-state index contributed by atoms with van der Waals surface area (Å²) in [6.07, 6.45) is -5.08. The van der Waals surface area contributed by atoms with E-state index < -0.39 is 24.3 Å². The van der Waals surface area contributed by atoms with Crippen molar-refractivity contribution in [3.05, 3.63) is 46.9 Å². The maximum absolute atomic E-state index is 10.6. The predicted octanol–water partition coefficient (Wildman–Crippen LogP) is 4.55. The number of rotatable bonds is 4. The zero-order valence-electron chi connectivity index (χ0n) is 17.8. The van der Waals surface area contributed by atoms with Crippen LogP contribution >= 0.6 is 23.1 Å². The Kier molecular flexibility index (Phi) is 9.80. The Morgan fingerprint density at radius 3 is 2.14 bits per heavy atom. The molecule has 1 unspecified atom stereocenters. The Morgan fingerprint density at radius 2 is 1.69 bits per heavy atom. The average Bonchev–Trinajstić information content (AvgIpc) is 3.38. The Bertz CT molecular complexity index is 927. The van der Waals surface area contributed by atoms with Crippen LogP contribution in [-0.4, -0.2) is 74.1 Å². The molecule has 0 saturated carbocycles. The number of nitrogens with zero attached hydrogens (tertiary/aromatic N) is 2. The van der Waals surface area contributed by atoms with Crippen molar-refractivity contribution >= 4 is 35.0 Å². The lowest BCUT2D eigenvalue weighted by molar-refractivity contribution is -0.193. The molecule has 194 valence electrons. The van der Waals surface area contributed by atoms with Gasteiger partial charge in [0.2, 0.25) is 0 Å². The molecule has 0 amide bonds. The second kappa shape index (κ2) is 11.9. The summed E-state index contributed by atoms with van der Waals surface area (Å²) in [5.74, 6) is -3.52. The van der Waals surface area contributed by atoms with E-state index in [1.165, 1.54) is 18.0 Å². The zero-order valence-corrected chi connectivity index (χ0v) is 19.4. The van der Waals surface area contributed by atoms with Crippen molar-refractivity contribution in [1.82, 2.24) is 9.88 Å². The van der Waals surface area contributed by atoms with Gasteiger partial charge >= 0.3 is 24.3 Å². The molecule has 2 aliphatic heterocycles. The molecule has 15 heteroatoms. The van der Waals surface area contributed by atoms with Crippen molar-refractivity contribution in [2.45, 2.75) is 36.2 Å². The predicted molar refractivity (Wildman–Crippen MR) is 115 cm³/mol. The van der Waals surface area contributed by atoms with Crippen molar-refractivity contribution in [1.29, 1.82) is 0 Å². The fourth-order valence-corrected chi connectivity index (χ4v) is 5.53. The lowest BCUT2D eigenvalue weighted by atomic mass is 9.93. The van der Waals surface area contributed by atoms with Gasteiger partial charge < -0.3 is 14.9 Å². The second-order valence-corrected chi connectivity index (χ2v) is 9.98. The van der Waals surface area contributed by atoms with E-state index in [-0.39, 0.29) is 0 Å². The van der Waals surface area contributed by atoms with E-state index in [4.69, 9.17) is 24.5 Å². The second-order valence-electron chi connectivity index (χ2n) is 7.46. The van der Waals surface area contributed by atoms with E-state index in [0.717, 1.165) is 24.5 Å². The highest BCUT2D eigenvalue weighted by Crippen LogP contribution is 2.46. The van der Waals surface area contributed by atoms with Crippen molar-refractivity contribution in [3.8, 4) is 5.75 Å². The fraction of sp³-hybridized carbons (Fsp3) is 0.450. The average molecular weight is 547 g/mol. The van der Waals surface area contributed by atoms with Gasteiger partial charge in [-0.25, -0.2) is 9.59 Å². The molecule has 2 aromatic rings. The molecule has 35 heavy (non-hydrogen) atoms. The summed E-state index contributed by atoms with van der Waals surface area (Å²) < 4.78 is 70.0. The molecule has 0 radical (unpaired) electrons. The number of carbonyl (C=O) groups is 2. The third-order valence-electron chi connectivity index (χ3n) is 4.58. The number of ether oxygens (including phenoxy) is 1. The minimum absolute atomic E-state index is 0.336. The first kappa shape index (κ1) is 28.7. The topological polar surface area (TPSA) is 100.0 Å². The van der Waals surface area contributed by atoms with Crippen LogP contribution < -0.4 is 4.74 Å². The summed E-state index contributed by atoms with van der Waals surface area (Å²) in [6.45, 7) is 3.50. The Morgan fingerprint density at radius 1 is 1.09 bits per heavy atom. The van der Waals surface area contributed by atoms with Crippen LogP contribution in [-0.2, 0) is 16.1 Å². The molecule has 2 N–H and O–H groups in total. The summed E-state index contributed by atoms with van der Waals surface area (Å²) in [6, 6.07) is 8.29. The first-order valence-electron chi connectivity index (χ1n) is 9.76. The van der Waals surface area contributed by atoms with Crippen LogP contribution in [0.15, 0.2) is 42.0 Å². The van der Waals surface area contributed by atoms with Crippen molar-refractivity contribution in [3.63, 3.8) is 0 Å². The van der Waals surface area contributed by atoms with Crippen molar-refractivity contribution in [2.75, 3.05) is 18.8 Å². The molecule has 1 spiro atoms. The quantitative estimate of drug-likeness (QED) is 0.539. The number of thiophene rings is 1. The van der Waals surface area contributed by atoms with Gasteiger partial charge in [0.15, 0.2) is 0 Å². The molecule has 7 nitrogen and oxygen atoms in total. The maximum Gasteiger partial charge on any atom is 0.490 e. The molecular formula is C20H20F6N2O5S2. The summed E-state index contributed by atoms with van der Waals surface area (Å²) in [5.41, 5.74) is 0. The largest absolute Gasteiger partial charge is 0.490 e. The van der Waals surface area contributed by atoms with Gasteiger partial charge in [-0.05, 0) is 23.6 Å². The summed E-state index contributed by atoms with van der Waals surface area (Å²) >= 11 is 3.95. The maximum atomic E-state index is 10.6. The van der Waals surface area contributed by atoms with Crippen LogP contribution in [0.1, 0.15) is 11.3 Å². The number of aliphatic carboxylic acids is 2. The smallest absolute Gasteiger partial charge is 0.488 e. The third kappa shape index (κ3) is 9.57. The summed E-state index contributed by atoms with van der Waals surface area (Å²) in [5, 5.41) is 16.4. The number of aromatic nitrogens is 1. The minimum atomic E-state index is -5.08. The van der Waals surface area contributed by atoms with E-state index in [9.17, 15) is 26.3 Å². The first-order valence-corrected chi connectivity index (χ1v) is 11.6. The van der Waals surface area contributed by atoms with E-state index >= 15 is 0 Å². The Labute approximate surface area is 203 Å². The molecule has 2 aliphatic rings. The normalized spacial score (nSPS) is 19.0. The number of pyridine rings is 1. The molecule has 2 saturated heterocycles. The lowest BCUT2D eigenvalue weighted by Crippen LogP contribution is -2.58. The summed E-state index contributed by atoms with van der Waals surface area (Å²) in [7, 11) is 0. The van der Waals surface area contributed by atoms with Crippen LogP contribution in [0.5, 0.6) is 5.75 Å². The van der Waals surface area contributed by atoms with Gasteiger partial charge in [0.25, 0.3) is 0 Å². The molecule has 4 rings (SSSR count). The molecule has 2 aromatic heterocycles. The number of alkyl halides is 6. The van der Waals surface area contributed by atoms with E-state index in [0.29, 0.717) is 10.9 Å². The van der Waals surface area contributed by atoms with Gasteiger partial charge in [0, 0.05) is 47.6 Å². The van der Waals surface area contributed by atoms with Crippen LogP contribution in [0, 0.1) is 0 Å². The van der Waals surface area contributed by atoms with Gasteiger partial charge in [-0.3, -0.25) is 9.88 Å². The van der Waals surface area contributed by atoms with Gasteiger partial charge in [-0.1, -0.05) is 6.07 Å². The number of thioether (sulfide) groups is 1. The SMILES string of the molecule is O=C(O)C(F)(F)F.O=C(O)C(F)(F)F.c1cncc(OC2CSC3(C2)CN(Cc2cccs2)C3)c1. The lowest BCUT2D eigenvalue weighted by Gasteiger charge is -2.47.